The molecule has 4 aromatic rings. The summed E-state index contributed by atoms with van der Waals surface area (Å²) in [6, 6.07) is 19.8. The Balaban J connectivity index is 1.33. The van der Waals surface area contributed by atoms with Crippen LogP contribution in [0, 0.1) is 3.57 Å². The van der Waals surface area contributed by atoms with Gasteiger partial charge in [-0.25, -0.2) is 5.43 Å². The van der Waals surface area contributed by atoms with Gasteiger partial charge in [-0.1, -0.05) is 34.1 Å². The van der Waals surface area contributed by atoms with Gasteiger partial charge < -0.3 is 14.5 Å². The van der Waals surface area contributed by atoms with Crippen LogP contribution in [0.3, 0.4) is 0 Å². The van der Waals surface area contributed by atoms with Gasteiger partial charge in [0.1, 0.15) is 11.3 Å². The van der Waals surface area contributed by atoms with Crippen molar-refractivity contribution < 1.29 is 18.7 Å². The van der Waals surface area contributed by atoms with Crippen molar-refractivity contribution in [2.75, 3.05) is 11.9 Å². The number of nitrogens with zero attached hydrogens (tertiary/aromatic N) is 1. The van der Waals surface area contributed by atoms with Crippen LogP contribution in [-0.4, -0.2) is 24.6 Å². The monoisotopic (exact) mass is 695 g/mol. The van der Waals surface area contributed by atoms with Gasteiger partial charge in [0, 0.05) is 15.5 Å². The third kappa shape index (κ3) is 6.24. The van der Waals surface area contributed by atoms with E-state index in [0.29, 0.717) is 21.5 Å². The van der Waals surface area contributed by atoms with E-state index in [1.807, 2.05) is 30.3 Å². The number of benzene rings is 3. The van der Waals surface area contributed by atoms with Crippen molar-refractivity contribution >= 4 is 89.1 Å². The molecule has 34 heavy (non-hydrogen) atoms. The van der Waals surface area contributed by atoms with Gasteiger partial charge in [0.15, 0.2) is 12.4 Å². The predicted molar refractivity (Wildman–Crippen MR) is 146 cm³/mol. The number of nitrogens with one attached hydrogen (secondary N) is 2. The fraction of sp³-hybridized carbons (Fsp3) is 0.0417. The van der Waals surface area contributed by atoms with Crippen LogP contribution in [0.4, 0.5) is 5.69 Å². The highest BCUT2D eigenvalue weighted by Crippen LogP contribution is 2.28. The lowest BCUT2D eigenvalue weighted by Crippen LogP contribution is -2.20. The Morgan fingerprint density at radius 1 is 1.06 bits per heavy atom. The average Bonchev–Trinajstić information content (AvgIpc) is 3.24. The lowest BCUT2D eigenvalue weighted by Gasteiger charge is -2.09. The summed E-state index contributed by atoms with van der Waals surface area (Å²) in [6.45, 7) is -0.135. The van der Waals surface area contributed by atoms with E-state index in [-0.39, 0.29) is 18.3 Å². The van der Waals surface area contributed by atoms with E-state index in [1.165, 1.54) is 6.21 Å². The molecule has 0 radical (unpaired) electrons. The number of hydrogen-bond acceptors (Lipinski definition) is 5. The third-order valence-electron chi connectivity index (χ3n) is 4.51. The molecule has 0 saturated carbocycles. The van der Waals surface area contributed by atoms with Crippen molar-refractivity contribution in [2.45, 2.75) is 0 Å². The van der Waals surface area contributed by atoms with Gasteiger partial charge in [-0.3, -0.25) is 9.59 Å². The van der Waals surface area contributed by atoms with E-state index in [0.717, 1.165) is 19.0 Å². The van der Waals surface area contributed by atoms with E-state index in [4.69, 9.17) is 9.15 Å². The predicted octanol–water partition coefficient (Wildman–Crippen LogP) is 6.34. The molecule has 0 aliphatic carbocycles. The number of carbonyl (C=O) groups excluding carboxylic acids is 2. The summed E-state index contributed by atoms with van der Waals surface area (Å²) >= 11 is 9.02. The number of ether oxygens (including phenoxy) is 1. The van der Waals surface area contributed by atoms with Crippen LogP contribution in [0.2, 0.25) is 0 Å². The molecule has 7 nitrogen and oxygen atoms in total. The Hall–Kier alpha value is -2.70. The lowest BCUT2D eigenvalue weighted by molar-refractivity contribution is -0.118. The summed E-state index contributed by atoms with van der Waals surface area (Å²) in [7, 11) is 0. The zero-order valence-electron chi connectivity index (χ0n) is 17.3. The first-order chi connectivity index (χ1) is 16.4. The van der Waals surface area contributed by atoms with E-state index in [1.54, 1.807) is 36.4 Å². The zero-order chi connectivity index (χ0) is 24.1. The van der Waals surface area contributed by atoms with Crippen LogP contribution in [0.25, 0.3) is 11.0 Å². The number of anilines is 1. The van der Waals surface area contributed by atoms with Crippen LogP contribution < -0.4 is 15.5 Å². The molecular formula is C24H16Br2IN3O4. The molecule has 2 N–H and O–H groups in total. The fourth-order valence-corrected chi connectivity index (χ4v) is 5.16. The van der Waals surface area contributed by atoms with Crippen molar-refractivity contribution in [3.05, 3.63) is 90.6 Å². The first-order valence-corrected chi connectivity index (χ1v) is 12.5. The van der Waals surface area contributed by atoms with Crippen LogP contribution in [0.5, 0.6) is 5.75 Å². The number of para-hydroxylation sites is 1. The molecule has 0 aliphatic rings. The van der Waals surface area contributed by atoms with E-state index < -0.39 is 5.91 Å². The molecule has 3 aromatic carbocycles. The van der Waals surface area contributed by atoms with E-state index in [2.05, 4.69) is 70.3 Å². The van der Waals surface area contributed by atoms with Crippen molar-refractivity contribution in [1.82, 2.24) is 5.43 Å². The normalized spacial score (nSPS) is 11.0. The molecule has 172 valence electrons. The fourth-order valence-electron chi connectivity index (χ4n) is 2.98. The number of carbonyl (C=O) groups is 2. The second-order valence-corrected chi connectivity index (χ2v) is 9.94. The summed E-state index contributed by atoms with van der Waals surface area (Å²) in [6.07, 6.45) is 1.50. The maximum absolute atomic E-state index is 12.4. The zero-order valence-corrected chi connectivity index (χ0v) is 22.7. The Morgan fingerprint density at radius 3 is 2.62 bits per heavy atom. The molecule has 4 rings (SSSR count). The smallest absolute Gasteiger partial charge is 0.307 e. The molecular weight excluding hydrogens is 681 g/mol. The van der Waals surface area contributed by atoms with Gasteiger partial charge >= 0.3 is 5.91 Å². The molecule has 1 heterocycles. The summed E-state index contributed by atoms with van der Waals surface area (Å²) in [5, 5.41) is 7.58. The van der Waals surface area contributed by atoms with Gasteiger partial charge in [0.25, 0.3) is 5.91 Å². The highest BCUT2D eigenvalue weighted by molar-refractivity contribution is 14.1. The number of hydrogen-bond donors (Lipinski definition) is 2. The largest absolute Gasteiger partial charge is 0.483 e. The summed E-state index contributed by atoms with van der Waals surface area (Å²) in [5.41, 5.74) is 4.53. The van der Waals surface area contributed by atoms with Crippen LogP contribution >= 0.6 is 54.5 Å². The molecule has 0 saturated heterocycles. The SMILES string of the molecule is O=C(COc1ccc(/C=N\NC(=O)c2cc3cc(Br)cc(I)c3o2)cc1Br)Nc1ccccc1. The Labute approximate surface area is 225 Å². The first kappa shape index (κ1) is 24.4. The van der Waals surface area contributed by atoms with E-state index in [9.17, 15) is 9.59 Å². The molecule has 2 amide bonds. The van der Waals surface area contributed by atoms with Gasteiger partial charge in [0.05, 0.1) is 14.3 Å². The second-order valence-electron chi connectivity index (χ2n) is 7.01. The molecule has 10 heteroatoms. The van der Waals surface area contributed by atoms with Gasteiger partial charge in [-0.15, -0.1) is 0 Å². The summed E-state index contributed by atoms with van der Waals surface area (Å²) < 4.78 is 13.7. The quantitative estimate of drug-likeness (QED) is 0.134. The van der Waals surface area contributed by atoms with Gasteiger partial charge in [0.2, 0.25) is 0 Å². The Kier molecular flexibility index (Phi) is 8.01. The average molecular weight is 697 g/mol. The minimum absolute atomic E-state index is 0.135. The molecule has 0 aliphatic heterocycles. The molecule has 0 bridgehead atoms. The Morgan fingerprint density at radius 2 is 1.85 bits per heavy atom. The van der Waals surface area contributed by atoms with E-state index >= 15 is 0 Å². The highest BCUT2D eigenvalue weighted by atomic mass is 127. The lowest BCUT2D eigenvalue weighted by atomic mass is 10.2. The van der Waals surface area contributed by atoms with Crippen molar-refractivity contribution in [3.63, 3.8) is 0 Å². The number of furan rings is 1. The molecule has 0 atom stereocenters. The maximum Gasteiger partial charge on any atom is 0.307 e. The molecule has 1 aromatic heterocycles. The maximum atomic E-state index is 12.4. The molecule has 0 fully saturated rings. The minimum atomic E-state index is -0.456. The summed E-state index contributed by atoms with van der Waals surface area (Å²) in [5.74, 6) is -0.0452. The van der Waals surface area contributed by atoms with Gasteiger partial charge in [-0.05, 0) is 92.6 Å². The number of rotatable bonds is 7. The highest BCUT2D eigenvalue weighted by Gasteiger charge is 2.14. The minimum Gasteiger partial charge on any atom is -0.483 e. The molecule has 0 unspecified atom stereocenters. The van der Waals surface area contributed by atoms with Crippen molar-refractivity contribution in [2.24, 2.45) is 5.10 Å². The second kappa shape index (κ2) is 11.2. The topological polar surface area (TPSA) is 92.9 Å². The number of halogens is 3. The standard InChI is InChI=1S/C24H16Br2IN3O4/c25-16-9-15-10-21(34-23(15)19(27)11-16)24(32)30-28-12-14-6-7-20(18(26)8-14)33-13-22(31)29-17-4-2-1-3-5-17/h1-12H,13H2,(H,29,31)(H,30,32)/b28-12-. The van der Waals surface area contributed by atoms with Gasteiger partial charge in [-0.2, -0.15) is 5.10 Å². The van der Waals surface area contributed by atoms with Crippen LogP contribution in [-0.2, 0) is 4.79 Å². The van der Waals surface area contributed by atoms with Crippen molar-refractivity contribution in [3.8, 4) is 5.75 Å². The number of fused-ring (bicyclic) bond motifs is 1. The number of amides is 2. The van der Waals surface area contributed by atoms with Crippen molar-refractivity contribution in [1.29, 1.82) is 0 Å². The van der Waals surface area contributed by atoms with Crippen LogP contribution in [0.1, 0.15) is 16.1 Å². The third-order valence-corrected chi connectivity index (χ3v) is 6.39. The first-order valence-electron chi connectivity index (χ1n) is 9.88. The Bertz CT molecular complexity index is 1390. The summed E-state index contributed by atoms with van der Waals surface area (Å²) in [4.78, 5) is 24.5. The number of hydrazone groups is 1. The van der Waals surface area contributed by atoms with Crippen LogP contribution in [0.15, 0.2) is 85.2 Å². The molecule has 0 spiro atoms.